The van der Waals surface area contributed by atoms with E-state index in [4.69, 9.17) is 0 Å². The number of carbonyl (C=O) groups is 1. The molecule has 3 aromatic rings. The molecule has 0 saturated heterocycles. The van der Waals surface area contributed by atoms with Crippen molar-refractivity contribution in [2.24, 2.45) is 0 Å². The van der Waals surface area contributed by atoms with Gasteiger partial charge in [-0.05, 0) is 68.0 Å². The Morgan fingerprint density at radius 1 is 1.07 bits per heavy atom. The number of amides is 1. The Balaban J connectivity index is 1.41. The highest BCUT2D eigenvalue weighted by Gasteiger charge is 2.27. The monoisotopic (exact) mass is 388 g/mol. The topological polar surface area (TPSA) is 59.8 Å². The molecule has 0 spiro atoms. The number of nitrogens with zero attached hydrogens (tertiary/aromatic N) is 3. The molecule has 2 aromatic carbocycles. The molecule has 0 unspecified atom stereocenters. The molecule has 0 fully saturated rings. The summed E-state index contributed by atoms with van der Waals surface area (Å²) in [5, 5.41) is 12.0. The van der Waals surface area contributed by atoms with Crippen LogP contribution in [-0.4, -0.2) is 20.7 Å². The number of aromatic nitrogens is 3. The van der Waals surface area contributed by atoms with Crippen molar-refractivity contribution in [3.63, 3.8) is 0 Å². The summed E-state index contributed by atoms with van der Waals surface area (Å²) in [6, 6.07) is 14.7. The van der Waals surface area contributed by atoms with Crippen LogP contribution in [0.2, 0.25) is 0 Å². The summed E-state index contributed by atoms with van der Waals surface area (Å²) in [6.07, 6.45) is 3.02. The summed E-state index contributed by atoms with van der Waals surface area (Å²) in [5.74, 6) is 2.33. The smallest absolute Gasteiger partial charge is 0.224 e. The van der Waals surface area contributed by atoms with Gasteiger partial charge in [0.2, 0.25) is 5.91 Å². The molecule has 0 radical (unpaired) electrons. The second-order valence-corrected chi connectivity index (χ2v) is 8.02. The van der Waals surface area contributed by atoms with Gasteiger partial charge in [0.05, 0.1) is 0 Å². The normalized spacial score (nSPS) is 13.5. The van der Waals surface area contributed by atoms with Crippen molar-refractivity contribution in [1.82, 2.24) is 14.8 Å². The minimum atomic E-state index is 0.00970. The van der Waals surface area contributed by atoms with Gasteiger partial charge in [-0.15, -0.1) is 10.2 Å². The summed E-state index contributed by atoms with van der Waals surface area (Å²) in [5.41, 5.74) is 5.98. The molecule has 0 bridgehead atoms. The van der Waals surface area contributed by atoms with E-state index in [1.54, 1.807) is 0 Å². The number of fused-ring (bicyclic) bond motifs is 1. The van der Waals surface area contributed by atoms with Gasteiger partial charge in [-0.3, -0.25) is 4.79 Å². The number of carbonyl (C=O) groups excluding carboxylic acids is 1. The van der Waals surface area contributed by atoms with Gasteiger partial charge in [0.25, 0.3) is 0 Å². The molecule has 1 aromatic heterocycles. The third-order valence-corrected chi connectivity index (χ3v) is 5.67. The van der Waals surface area contributed by atoms with Crippen LogP contribution in [0, 0.1) is 13.8 Å². The van der Waals surface area contributed by atoms with Gasteiger partial charge in [0.15, 0.2) is 0 Å². The summed E-state index contributed by atoms with van der Waals surface area (Å²) in [6.45, 7) is 7.02. The van der Waals surface area contributed by atoms with Crippen LogP contribution >= 0.6 is 0 Å². The Hall–Kier alpha value is -2.95. The first-order valence-corrected chi connectivity index (χ1v) is 10.4. The summed E-state index contributed by atoms with van der Waals surface area (Å²) in [7, 11) is 0. The van der Waals surface area contributed by atoms with Gasteiger partial charge in [-0.25, -0.2) is 0 Å². The van der Waals surface area contributed by atoms with E-state index in [0.29, 0.717) is 18.8 Å². The number of hydrogen-bond acceptors (Lipinski definition) is 3. The van der Waals surface area contributed by atoms with E-state index in [1.807, 2.05) is 26.0 Å². The van der Waals surface area contributed by atoms with Crippen molar-refractivity contribution in [2.75, 3.05) is 5.32 Å². The average molecular weight is 389 g/mol. The molecule has 0 atom stereocenters. The second-order valence-electron chi connectivity index (χ2n) is 8.02. The van der Waals surface area contributed by atoms with Crippen LogP contribution < -0.4 is 5.32 Å². The molecule has 1 amide bonds. The molecular formula is C24H28N4O. The second kappa shape index (κ2) is 8.19. The number of hydrogen-bond donors (Lipinski definition) is 1. The molecule has 0 saturated carbocycles. The Labute approximate surface area is 172 Å². The minimum Gasteiger partial charge on any atom is -0.326 e. The average Bonchev–Trinajstić information content (AvgIpc) is 3.28. The molecular weight excluding hydrogens is 360 g/mol. The van der Waals surface area contributed by atoms with Crippen molar-refractivity contribution in [3.05, 3.63) is 76.4 Å². The van der Waals surface area contributed by atoms with Crippen molar-refractivity contribution < 1.29 is 4.79 Å². The molecule has 5 nitrogen and oxygen atoms in total. The first kappa shape index (κ1) is 19.4. The highest BCUT2D eigenvalue weighted by Crippen LogP contribution is 2.33. The highest BCUT2D eigenvalue weighted by molar-refractivity contribution is 5.90. The summed E-state index contributed by atoms with van der Waals surface area (Å²) >= 11 is 0. The van der Waals surface area contributed by atoms with E-state index < -0.39 is 0 Å². The van der Waals surface area contributed by atoms with E-state index >= 15 is 0 Å². The van der Waals surface area contributed by atoms with Crippen LogP contribution in [-0.2, 0) is 30.6 Å². The maximum Gasteiger partial charge on any atom is 0.224 e. The minimum absolute atomic E-state index is 0.00970. The SMILES string of the molecule is CCn1c(CCC(=O)Nc2cc(C)cc(C)c2)nnc1C1Cc2ccccc2C1. The van der Waals surface area contributed by atoms with Gasteiger partial charge in [0, 0.05) is 31.0 Å². The van der Waals surface area contributed by atoms with Gasteiger partial charge in [-0.1, -0.05) is 30.3 Å². The Morgan fingerprint density at radius 3 is 2.34 bits per heavy atom. The first-order chi connectivity index (χ1) is 14.0. The van der Waals surface area contributed by atoms with E-state index in [1.165, 1.54) is 11.1 Å². The maximum absolute atomic E-state index is 12.5. The van der Waals surface area contributed by atoms with Gasteiger partial charge in [-0.2, -0.15) is 0 Å². The molecule has 1 aliphatic rings. The lowest BCUT2D eigenvalue weighted by Crippen LogP contribution is -2.15. The largest absolute Gasteiger partial charge is 0.326 e. The number of nitrogens with one attached hydrogen (secondary N) is 1. The number of aryl methyl sites for hydroxylation is 3. The van der Waals surface area contributed by atoms with Crippen LogP contribution in [0.5, 0.6) is 0 Å². The van der Waals surface area contributed by atoms with E-state index in [9.17, 15) is 4.79 Å². The molecule has 1 heterocycles. The Morgan fingerprint density at radius 2 is 1.72 bits per heavy atom. The van der Waals surface area contributed by atoms with Crippen molar-refractivity contribution in [1.29, 1.82) is 0 Å². The van der Waals surface area contributed by atoms with Crippen molar-refractivity contribution in [3.8, 4) is 0 Å². The van der Waals surface area contributed by atoms with E-state index in [-0.39, 0.29) is 5.91 Å². The van der Waals surface area contributed by atoms with Gasteiger partial charge < -0.3 is 9.88 Å². The number of benzene rings is 2. The first-order valence-electron chi connectivity index (χ1n) is 10.4. The predicted octanol–water partition coefficient (Wildman–Crippen LogP) is 4.37. The van der Waals surface area contributed by atoms with Crippen LogP contribution in [0.25, 0.3) is 0 Å². The van der Waals surface area contributed by atoms with E-state index in [2.05, 4.69) is 57.3 Å². The molecule has 1 N–H and O–H groups in total. The fourth-order valence-electron chi connectivity index (χ4n) is 4.42. The summed E-state index contributed by atoms with van der Waals surface area (Å²) in [4.78, 5) is 12.5. The quantitative estimate of drug-likeness (QED) is 0.682. The van der Waals surface area contributed by atoms with Crippen LogP contribution in [0.1, 0.15) is 53.2 Å². The van der Waals surface area contributed by atoms with Crippen molar-refractivity contribution >= 4 is 11.6 Å². The highest BCUT2D eigenvalue weighted by atomic mass is 16.1. The predicted molar refractivity (Wildman–Crippen MR) is 115 cm³/mol. The van der Waals surface area contributed by atoms with E-state index in [0.717, 1.165) is 47.8 Å². The molecule has 4 rings (SSSR count). The van der Waals surface area contributed by atoms with Gasteiger partial charge in [0.1, 0.15) is 11.6 Å². The molecule has 5 heteroatoms. The third kappa shape index (κ3) is 4.24. The van der Waals surface area contributed by atoms with Gasteiger partial charge >= 0.3 is 0 Å². The zero-order chi connectivity index (χ0) is 20.4. The van der Waals surface area contributed by atoms with Crippen LogP contribution in [0.15, 0.2) is 42.5 Å². The standard InChI is InChI=1S/C24H28N4O/c1-4-28-22(9-10-23(29)25-21-12-16(2)11-17(3)13-21)26-27-24(28)20-14-18-7-5-6-8-19(18)15-20/h5-8,11-13,20H,4,9-10,14-15H2,1-3H3,(H,25,29). The van der Waals surface area contributed by atoms with Crippen LogP contribution in [0.3, 0.4) is 0 Å². The lowest BCUT2D eigenvalue weighted by molar-refractivity contribution is -0.116. The zero-order valence-electron chi connectivity index (χ0n) is 17.4. The number of rotatable bonds is 6. The lowest BCUT2D eigenvalue weighted by atomic mass is 10.1. The fourth-order valence-corrected chi connectivity index (χ4v) is 4.42. The zero-order valence-corrected chi connectivity index (χ0v) is 17.4. The maximum atomic E-state index is 12.5. The number of anilines is 1. The summed E-state index contributed by atoms with van der Waals surface area (Å²) < 4.78 is 2.20. The van der Waals surface area contributed by atoms with Crippen molar-refractivity contribution in [2.45, 2.75) is 58.9 Å². The molecule has 1 aliphatic carbocycles. The van der Waals surface area contributed by atoms with Crippen LogP contribution in [0.4, 0.5) is 5.69 Å². The molecule has 0 aliphatic heterocycles. The third-order valence-electron chi connectivity index (χ3n) is 5.67. The Kier molecular flexibility index (Phi) is 5.47. The molecule has 150 valence electrons. The Bertz CT molecular complexity index is 992. The fraction of sp³-hybridized carbons (Fsp3) is 0.375. The molecule has 29 heavy (non-hydrogen) atoms. The lowest BCUT2D eigenvalue weighted by Gasteiger charge is -2.12.